The predicted octanol–water partition coefficient (Wildman–Crippen LogP) is 3.66. The maximum Gasteiger partial charge on any atom is 0.422 e. The van der Waals surface area contributed by atoms with Crippen LogP contribution in [0.15, 0.2) is 30.6 Å². The summed E-state index contributed by atoms with van der Waals surface area (Å²) in [6.07, 6.45) is -1.54. The smallest absolute Gasteiger partial charge is 0.422 e. The van der Waals surface area contributed by atoms with Crippen molar-refractivity contribution in [2.75, 3.05) is 18.5 Å². The summed E-state index contributed by atoms with van der Waals surface area (Å²) in [4.78, 5) is 32.0. The van der Waals surface area contributed by atoms with E-state index in [2.05, 4.69) is 20.6 Å². The summed E-state index contributed by atoms with van der Waals surface area (Å²) < 4.78 is 47.3. The van der Waals surface area contributed by atoms with Crippen LogP contribution in [0.25, 0.3) is 0 Å². The largest absolute Gasteiger partial charge is 0.488 e. The molecule has 2 heterocycles. The number of ether oxygens (including phenoxy) is 2. The summed E-state index contributed by atoms with van der Waals surface area (Å²) in [5.74, 6) is -0.664. The van der Waals surface area contributed by atoms with Crippen LogP contribution < -0.4 is 20.1 Å². The molecule has 2 rings (SSSR count). The van der Waals surface area contributed by atoms with Gasteiger partial charge in [0.25, 0.3) is 11.8 Å². The van der Waals surface area contributed by atoms with Crippen molar-refractivity contribution < 1.29 is 32.2 Å². The number of nitrogens with one attached hydrogen (secondary N) is 2. The second-order valence-electron chi connectivity index (χ2n) is 6.44. The highest BCUT2D eigenvalue weighted by molar-refractivity contribution is 5.96. The topological polar surface area (TPSA) is 102 Å². The fraction of sp³-hybridized carbons (Fsp3) is 0.400. The molecule has 0 spiro atoms. The van der Waals surface area contributed by atoms with Crippen molar-refractivity contribution in [1.29, 1.82) is 0 Å². The number of nitrogens with zero attached hydrogens (tertiary/aromatic N) is 2. The van der Waals surface area contributed by atoms with Crippen molar-refractivity contribution in [3.63, 3.8) is 0 Å². The molecule has 1 unspecified atom stereocenters. The average molecular weight is 440 g/mol. The fourth-order valence-electron chi connectivity index (χ4n) is 2.44. The lowest BCUT2D eigenvalue weighted by molar-refractivity contribution is -0.154. The molecule has 0 fully saturated rings. The summed E-state index contributed by atoms with van der Waals surface area (Å²) in [5.41, 5.74) is 0.779. The molecule has 0 aliphatic carbocycles. The minimum atomic E-state index is -4.51. The van der Waals surface area contributed by atoms with Crippen LogP contribution in [0, 0.1) is 0 Å². The molecule has 0 radical (unpaired) electrons. The van der Waals surface area contributed by atoms with Crippen LogP contribution in [0.5, 0.6) is 11.6 Å². The molecule has 0 saturated carbocycles. The van der Waals surface area contributed by atoms with Gasteiger partial charge in [-0.15, -0.1) is 0 Å². The SMILES string of the molecule is CCOc1cc(C(C)NC(=O)c2ccnc(NC(=O)CC)c2)cnc1OCC(F)(F)F. The summed E-state index contributed by atoms with van der Waals surface area (Å²) >= 11 is 0. The Morgan fingerprint density at radius 1 is 1.16 bits per heavy atom. The van der Waals surface area contributed by atoms with E-state index in [1.54, 1.807) is 20.8 Å². The van der Waals surface area contributed by atoms with Crippen molar-refractivity contribution in [1.82, 2.24) is 15.3 Å². The summed E-state index contributed by atoms with van der Waals surface area (Å²) in [6, 6.07) is 3.85. The van der Waals surface area contributed by atoms with Crippen molar-refractivity contribution in [3.05, 3.63) is 41.7 Å². The molecule has 0 aromatic carbocycles. The summed E-state index contributed by atoms with van der Waals surface area (Å²) in [5, 5.41) is 5.33. The maximum absolute atomic E-state index is 12.6. The zero-order valence-electron chi connectivity index (χ0n) is 17.2. The predicted molar refractivity (Wildman–Crippen MR) is 106 cm³/mol. The zero-order valence-corrected chi connectivity index (χ0v) is 17.2. The van der Waals surface area contributed by atoms with Gasteiger partial charge in [0.05, 0.1) is 12.6 Å². The van der Waals surface area contributed by atoms with Gasteiger partial charge in [-0.2, -0.15) is 13.2 Å². The van der Waals surface area contributed by atoms with Crippen LogP contribution in [0.3, 0.4) is 0 Å². The van der Waals surface area contributed by atoms with Gasteiger partial charge in [0, 0.05) is 24.4 Å². The first-order valence-electron chi connectivity index (χ1n) is 9.52. The molecular weight excluding hydrogens is 417 g/mol. The van der Waals surface area contributed by atoms with E-state index in [-0.39, 0.29) is 41.9 Å². The highest BCUT2D eigenvalue weighted by Crippen LogP contribution is 2.29. The third-order valence-electron chi connectivity index (χ3n) is 3.97. The van der Waals surface area contributed by atoms with Gasteiger partial charge in [-0.1, -0.05) is 6.92 Å². The van der Waals surface area contributed by atoms with Crippen molar-refractivity contribution >= 4 is 17.6 Å². The molecule has 0 bridgehead atoms. The van der Waals surface area contributed by atoms with Crippen molar-refractivity contribution in [3.8, 4) is 11.6 Å². The molecule has 168 valence electrons. The number of hydrogen-bond donors (Lipinski definition) is 2. The average Bonchev–Trinajstić information content (AvgIpc) is 2.72. The molecule has 8 nitrogen and oxygen atoms in total. The summed E-state index contributed by atoms with van der Waals surface area (Å²) in [6.45, 7) is 3.74. The Balaban J connectivity index is 2.12. The Hall–Kier alpha value is -3.37. The van der Waals surface area contributed by atoms with E-state index in [0.29, 0.717) is 5.56 Å². The quantitative estimate of drug-likeness (QED) is 0.617. The first-order chi connectivity index (χ1) is 14.6. The monoisotopic (exact) mass is 440 g/mol. The minimum absolute atomic E-state index is 0.0406. The third-order valence-corrected chi connectivity index (χ3v) is 3.97. The number of rotatable bonds is 9. The molecule has 2 aromatic heterocycles. The van der Waals surface area contributed by atoms with Crippen molar-refractivity contribution in [2.24, 2.45) is 0 Å². The number of halogens is 3. The van der Waals surface area contributed by atoms with Gasteiger partial charge in [0.2, 0.25) is 5.91 Å². The van der Waals surface area contributed by atoms with E-state index in [4.69, 9.17) is 9.47 Å². The first-order valence-corrected chi connectivity index (χ1v) is 9.52. The van der Waals surface area contributed by atoms with E-state index >= 15 is 0 Å². The van der Waals surface area contributed by atoms with Crippen LogP contribution >= 0.6 is 0 Å². The Morgan fingerprint density at radius 3 is 2.55 bits per heavy atom. The number of carbonyl (C=O) groups is 2. The van der Waals surface area contributed by atoms with Gasteiger partial charge in [-0.25, -0.2) is 9.97 Å². The van der Waals surface area contributed by atoms with Crippen LogP contribution in [0.2, 0.25) is 0 Å². The van der Waals surface area contributed by atoms with Crippen LogP contribution in [0.4, 0.5) is 19.0 Å². The Morgan fingerprint density at radius 2 is 1.90 bits per heavy atom. The number of hydrogen-bond acceptors (Lipinski definition) is 6. The van der Waals surface area contributed by atoms with Gasteiger partial charge in [0.15, 0.2) is 12.4 Å². The number of alkyl halides is 3. The van der Waals surface area contributed by atoms with E-state index in [1.807, 2.05) is 0 Å². The van der Waals surface area contributed by atoms with Gasteiger partial charge in [-0.3, -0.25) is 9.59 Å². The number of carbonyl (C=O) groups excluding carboxylic acids is 2. The second-order valence-corrected chi connectivity index (χ2v) is 6.44. The zero-order chi connectivity index (χ0) is 23.0. The standard InChI is InChI=1S/C20H23F3N4O4/c1-4-17(28)27-16-9-13(6-7-24-16)18(29)26-12(3)14-8-15(30-5-2)19(25-10-14)31-11-20(21,22)23/h6-10,12H,4-5,11H2,1-3H3,(H,26,29)(H,24,27,28). The molecule has 1 atom stereocenters. The maximum atomic E-state index is 12.6. The highest BCUT2D eigenvalue weighted by Gasteiger charge is 2.29. The lowest BCUT2D eigenvalue weighted by Crippen LogP contribution is -2.27. The third kappa shape index (κ3) is 7.43. The number of aromatic nitrogens is 2. The number of pyridine rings is 2. The van der Waals surface area contributed by atoms with E-state index < -0.39 is 24.7 Å². The van der Waals surface area contributed by atoms with E-state index in [9.17, 15) is 22.8 Å². The van der Waals surface area contributed by atoms with Crippen LogP contribution in [-0.4, -0.2) is 41.2 Å². The minimum Gasteiger partial charge on any atom is -0.488 e. The Kier molecular flexibility index (Phi) is 8.17. The van der Waals surface area contributed by atoms with Gasteiger partial charge in [0.1, 0.15) is 5.82 Å². The van der Waals surface area contributed by atoms with E-state index in [0.717, 1.165) is 0 Å². The molecule has 0 saturated heterocycles. The Labute approximate surface area is 177 Å². The molecule has 0 aliphatic rings. The van der Waals surface area contributed by atoms with Gasteiger partial charge >= 0.3 is 6.18 Å². The molecule has 31 heavy (non-hydrogen) atoms. The lowest BCUT2D eigenvalue weighted by Gasteiger charge is -2.17. The molecule has 2 N–H and O–H groups in total. The highest BCUT2D eigenvalue weighted by atomic mass is 19.4. The molecule has 2 aromatic rings. The number of amides is 2. The Bertz CT molecular complexity index is 922. The van der Waals surface area contributed by atoms with Crippen LogP contribution in [0.1, 0.15) is 49.2 Å². The molecule has 11 heteroatoms. The lowest BCUT2D eigenvalue weighted by atomic mass is 10.1. The molecule has 0 aliphatic heterocycles. The van der Waals surface area contributed by atoms with Crippen LogP contribution in [-0.2, 0) is 4.79 Å². The summed E-state index contributed by atoms with van der Waals surface area (Å²) in [7, 11) is 0. The number of anilines is 1. The first kappa shape index (κ1) is 23.9. The van der Waals surface area contributed by atoms with Gasteiger partial charge in [-0.05, 0) is 37.6 Å². The normalized spacial score (nSPS) is 12.1. The van der Waals surface area contributed by atoms with E-state index in [1.165, 1.54) is 30.6 Å². The van der Waals surface area contributed by atoms with Crippen molar-refractivity contribution in [2.45, 2.75) is 39.4 Å². The van der Waals surface area contributed by atoms with Gasteiger partial charge < -0.3 is 20.1 Å². The molecular formula is C20H23F3N4O4. The molecule has 2 amide bonds. The second kappa shape index (κ2) is 10.6. The fourth-order valence-corrected chi connectivity index (χ4v) is 2.44.